The first kappa shape index (κ1) is 19.2. The Bertz CT molecular complexity index is 966. The van der Waals surface area contributed by atoms with Crippen LogP contribution in [0.4, 0.5) is 0 Å². The number of hydrogen-bond donors (Lipinski definition) is 2. The molecule has 3 aromatic rings. The van der Waals surface area contributed by atoms with E-state index < -0.39 is 0 Å². The Morgan fingerprint density at radius 2 is 1.97 bits per heavy atom. The van der Waals surface area contributed by atoms with Crippen molar-refractivity contribution in [2.45, 2.75) is 19.4 Å². The number of nitrogens with zero attached hydrogens (tertiary/aromatic N) is 2. The number of methoxy groups -OCH3 is 1. The van der Waals surface area contributed by atoms with Crippen LogP contribution in [0.2, 0.25) is 0 Å². The van der Waals surface area contributed by atoms with Crippen molar-refractivity contribution in [1.82, 2.24) is 9.78 Å². The van der Waals surface area contributed by atoms with Gasteiger partial charge in [-0.1, -0.05) is 18.2 Å². The highest BCUT2D eigenvalue weighted by Crippen LogP contribution is 2.25. The third-order valence-corrected chi connectivity index (χ3v) is 5.64. The van der Waals surface area contributed by atoms with E-state index in [1.165, 1.54) is 10.5 Å². The number of nitrogens with one attached hydrogen (secondary N) is 1. The Labute approximate surface area is 170 Å². The molecule has 0 spiro atoms. The maximum atomic E-state index is 11.7. The average Bonchev–Trinajstić information content (AvgIpc) is 3.18. The van der Waals surface area contributed by atoms with E-state index in [1.807, 2.05) is 59.3 Å². The Hall–Kier alpha value is -3.12. The summed E-state index contributed by atoms with van der Waals surface area (Å²) in [5, 5.41) is 4.90. The molecule has 2 atom stereocenters. The normalized spacial score (nSPS) is 19.1. The number of nitrogens with two attached hydrogens (primary N) is 1. The van der Waals surface area contributed by atoms with Crippen molar-refractivity contribution in [2.24, 2.45) is 11.7 Å². The van der Waals surface area contributed by atoms with E-state index in [0.717, 1.165) is 55.2 Å². The molecule has 6 nitrogen and oxygen atoms in total. The summed E-state index contributed by atoms with van der Waals surface area (Å²) < 4.78 is 7.23. The van der Waals surface area contributed by atoms with Gasteiger partial charge in [-0.25, -0.2) is 4.68 Å². The second kappa shape index (κ2) is 8.49. The molecule has 1 fully saturated rings. The minimum absolute atomic E-state index is 0.0349. The Morgan fingerprint density at radius 1 is 1.21 bits per heavy atom. The first-order valence-electron chi connectivity index (χ1n) is 10.1. The molecule has 6 heteroatoms. The summed E-state index contributed by atoms with van der Waals surface area (Å²) in [5.74, 6) is 0.605. The molecule has 0 radical (unpaired) electrons. The Morgan fingerprint density at radius 3 is 2.66 bits per heavy atom. The summed E-state index contributed by atoms with van der Waals surface area (Å²) in [5.41, 5.74) is 9.78. The average molecular weight is 391 g/mol. The molecule has 3 N–H and O–H groups in total. The molecule has 29 heavy (non-hydrogen) atoms. The molecular formula is C23H27N4O2+. The summed E-state index contributed by atoms with van der Waals surface area (Å²) in [7, 11) is 1.67. The van der Waals surface area contributed by atoms with Gasteiger partial charge in [0.1, 0.15) is 18.0 Å². The van der Waals surface area contributed by atoms with Crippen molar-refractivity contribution in [3.05, 3.63) is 66.4 Å². The predicted octanol–water partition coefficient (Wildman–Crippen LogP) is 1.83. The number of aromatic nitrogens is 2. The van der Waals surface area contributed by atoms with E-state index in [4.69, 9.17) is 15.6 Å². The molecule has 1 unspecified atom stereocenters. The third kappa shape index (κ3) is 4.32. The van der Waals surface area contributed by atoms with Gasteiger partial charge in [-0.2, -0.15) is 5.10 Å². The van der Waals surface area contributed by atoms with Gasteiger partial charge in [0.2, 0.25) is 5.91 Å². The standard InChI is InChI=1S/C23H26N4O2/c1-29-21-11-9-17(10-12-21)22-19(15-26-13-5-6-18(14-26)23(24)28)16-27(25-22)20-7-3-2-4-8-20/h2-4,7-12,16,18H,5-6,13-15H2,1H3,(H2,24,28)/p+1/t18-/m0/s1. The largest absolute Gasteiger partial charge is 0.497 e. The van der Waals surface area contributed by atoms with Crippen LogP contribution < -0.4 is 15.4 Å². The number of amides is 1. The zero-order chi connectivity index (χ0) is 20.2. The lowest BCUT2D eigenvalue weighted by Crippen LogP contribution is -3.12. The first-order valence-corrected chi connectivity index (χ1v) is 10.1. The van der Waals surface area contributed by atoms with Gasteiger partial charge in [-0.15, -0.1) is 0 Å². The second-order valence-electron chi connectivity index (χ2n) is 7.63. The van der Waals surface area contributed by atoms with Crippen LogP contribution in [0.5, 0.6) is 5.75 Å². The van der Waals surface area contributed by atoms with E-state index >= 15 is 0 Å². The molecule has 1 saturated heterocycles. The molecule has 0 bridgehead atoms. The first-order chi connectivity index (χ1) is 14.1. The molecule has 0 aliphatic carbocycles. The fraction of sp³-hybridized carbons (Fsp3) is 0.304. The highest BCUT2D eigenvalue weighted by molar-refractivity contribution is 5.76. The number of carbonyl (C=O) groups is 1. The fourth-order valence-electron chi connectivity index (χ4n) is 4.07. The zero-order valence-corrected chi connectivity index (χ0v) is 16.7. The van der Waals surface area contributed by atoms with Gasteiger partial charge in [0, 0.05) is 11.8 Å². The van der Waals surface area contributed by atoms with Gasteiger partial charge in [-0.05, 0) is 49.2 Å². The molecule has 1 aliphatic rings. The molecular weight excluding hydrogens is 364 g/mol. The van der Waals surface area contributed by atoms with Crippen molar-refractivity contribution in [2.75, 3.05) is 20.2 Å². The number of likely N-dealkylation sites (tertiary alicyclic amines) is 1. The summed E-state index contributed by atoms with van der Waals surface area (Å²) in [6.45, 7) is 2.65. The molecule has 0 saturated carbocycles. The van der Waals surface area contributed by atoms with Gasteiger partial charge in [0.15, 0.2) is 0 Å². The quantitative estimate of drug-likeness (QED) is 0.673. The molecule has 1 aromatic heterocycles. The molecule has 150 valence electrons. The van der Waals surface area contributed by atoms with Gasteiger partial charge in [0.05, 0.1) is 37.4 Å². The fourth-order valence-corrected chi connectivity index (χ4v) is 4.07. The molecule has 1 aliphatic heterocycles. The van der Waals surface area contributed by atoms with Crippen LogP contribution in [-0.4, -0.2) is 35.9 Å². The van der Waals surface area contributed by atoms with Crippen molar-refractivity contribution < 1.29 is 14.4 Å². The molecule has 4 rings (SSSR count). The van der Waals surface area contributed by atoms with E-state index in [9.17, 15) is 4.79 Å². The summed E-state index contributed by atoms with van der Waals surface area (Å²) >= 11 is 0. The summed E-state index contributed by atoms with van der Waals surface area (Å²) in [4.78, 5) is 13.0. The van der Waals surface area contributed by atoms with Crippen LogP contribution in [0.1, 0.15) is 18.4 Å². The minimum Gasteiger partial charge on any atom is -0.497 e. The number of primary amides is 1. The molecule has 2 aromatic carbocycles. The van der Waals surface area contributed by atoms with Crippen LogP contribution in [0.3, 0.4) is 0 Å². The maximum absolute atomic E-state index is 11.7. The van der Waals surface area contributed by atoms with Gasteiger partial charge < -0.3 is 15.4 Å². The lowest BCUT2D eigenvalue weighted by atomic mass is 9.97. The lowest BCUT2D eigenvalue weighted by molar-refractivity contribution is -0.921. The smallest absolute Gasteiger partial charge is 0.226 e. The second-order valence-corrected chi connectivity index (χ2v) is 7.63. The number of para-hydroxylation sites is 1. The van der Waals surface area contributed by atoms with Crippen LogP contribution >= 0.6 is 0 Å². The van der Waals surface area contributed by atoms with Crippen LogP contribution in [0, 0.1) is 5.92 Å². The topological polar surface area (TPSA) is 74.6 Å². The minimum atomic E-state index is -0.183. The van der Waals surface area contributed by atoms with Crippen molar-refractivity contribution in [1.29, 1.82) is 0 Å². The highest BCUT2D eigenvalue weighted by atomic mass is 16.5. The summed E-state index contributed by atoms with van der Waals surface area (Å²) in [6, 6.07) is 18.1. The van der Waals surface area contributed by atoms with E-state index in [2.05, 4.69) is 6.20 Å². The van der Waals surface area contributed by atoms with E-state index in [0.29, 0.717) is 0 Å². The van der Waals surface area contributed by atoms with Gasteiger partial charge >= 0.3 is 0 Å². The van der Waals surface area contributed by atoms with Gasteiger partial charge in [0.25, 0.3) is 0 Å². The lowest BCUT2D eigenvalue weighted by Gasteiger charge is -2.28. The molecule has 1 amide bonds. The van der Waals surface area contributed by atoms with Gasteiger partial charge in [-0.3, -0.25) is 4.79 Å². The number of carbonyl (C=O) groups excluding carboxylic acids is 1. The predicted molar refractivity (Wildman–Crippen MR) is 112 cm³/mol. The molecule has 2 heterocycles. The number of benzene rings is 2. The van der Waals surface area contributed by atoms with Crippen LogP contribution in [0.15, 0.2) is 60.8 Å². The maximum Gasteiger partial charge on any atom is 0.226 e. The van der Waals surface area contributed by atoms with Crippen molar-refractivity contribution >= 4 is 5.91 Å². The number of piperidine rings is 1. The van der Waals surface area contributed by atoms with E-state index in [1.54, 1.807) is 7.11 Å². The number of ether oxygens (including phenoxy) is 1. The van der Waals surface area contributed by atoms with Crippen LogP contribution in [-0.2, 0) is 11.3 Å². The van der Waals surface area contributed by atoms with Crippen molar-refractivity contribution in [3.8, 4) is 22.7 Å². The number of quaternary nitrogens is 1. The third-order valence-electron chi connectivity index (χ3n) is 5.64. The zero-order valence-electron chi connectivity index (χ0n) is 16.7. The van der Waals surface area contributed by atoms with Crippen molar-refractivity contribution in [3.63, 3.8) is 0 Å². The monoisotopic (exact) mass is 391 g/mol. The highest BCUT2D eigenvalue weighted by Gasteiger charge is 2.28. The summed E-state index contributed by atoms with van der Waals surface area (Å²) in [6.07, 6.45) is 4.02. The van der Waals surface area contributed by atoms with Crippen LogP contribution in [0.25, 0.3) is 16.9 Å². The Kier molecular flexibility index (Phi) is 5.62. The Balaban J connectivity index is 1.67. The SMILES string of the molecule is COc1ccc(-c2nn(-c3ccccc3)cc2C[NH+]2CCC[C@H](C(N)=O)C2)cc1. The number of rotatable bonds is 6. The number of hydrogen-bond acceptors (Lipinski definition) is 3. The van der Waals surface area contributed by atoms with E-state index in [-0.39, 0.29) is 11.8 Å².